The smallest absolute Gasteiger partial charge is 0.226 e. The van der Waals surface area contributed by atoms with Crippen molar-refractivity contribution in [3.63, 3.8) is 0 Å². The van der Waals surface area contributed by atoms with Crippen LogP contribution in [0.3, 0.4) is 0 Å². The van der Waals surface area contributed by atoms with Crippen LogP contribution in [0.1, 0.15) is 12.1 Å². The molecule has 1 aromatic heterocycles. The Balaban J connectivity index is 1.45. The van der Waals surface area contributed by atoms with Crippen molar-refractivity contribution in [3.8, 4) is 0 Å². The Hall–Kier alpha value is -1.92. The highest BCUT2D eigenvalue weighted by molar-refractivity contribution is 5.86. The summed E-state index contributed by atoms with van der Waals surface area (Å²) in [6.07, 6.45) is 1.52. The highest BCUT2D eigenvalue weighted by Gasteiger charge is 2.55. The van der Waals surface area contributed by atoms with E-state index < -0.39 is 0 Å². The lowest BCUT2D eigenvalue weighted by molar-refractivity contribution is -0.127. The average Bonchev–Trinajstić information content (AvgIpc) is 3.10. The second-order valence-corrected chi connectivity index (χ2v) is 6.64. The van der Waals surface area contributed by atoms with Crippen molar-refractivity contribution in [1.82, 2.24) is 15.4 Å². The zero-order chi connectivity index (χ0) is 16.0. The lowest BCUT2D eigenvalue weighted by Gasteiger charge is -2.50. The van der Waals surface area contributed by atoms with E-state index in [1.807, 2.05) is 38.4 Å². The van der Waals surface area contributed by atoms with Gasteiger partial charge in [0.05, 0.1) is 24.6 Å². The number of rotatable bonds is 4. The Morgan fingerprint density at radius 3 is 3.04 bits per heavy atom. The van der Waals surface area contributed by atoms with Crippen molar-refractivity contribution >= 4 is 16.9 Å². The third-order valence-corrected chi connectivity index (χ3v) is 5.05. The molecule has 2 aromatic rings. The van der Waals surface area contributed by atoms with Crippen LogP contribution in [0.5, 0.6) is 0 Å². The van der Waals surface area contributed by atoms with Gasteiger partial charge in [-0.15, -0.1) is 0 Å². The molecule has 0 radical (unpaired) electrons. The normalized spacial score (nSPS) is 29.5. The van der Waals surface area contributed by atoms with E-state index in [0.29, 0.717) is 11.6 Å². The molecule has 1 amide bonds. The number of carbonyl (C=O) groups excluding carboxylic acids is 1. The molecular weight excluding hydrogens is 294 g/mol. The Kier molecular flexibility index (Phi) is 3.58. The molecule has 6 heteroatoms. The number of nitrogens with one attached hydrogen (secondary N) is 1. The van der Waals surface area contributed by atoms with Crippen LogP contribution in [0, 0.1) is 5.92 Å². The molecule has 1 N–H and O–H groups in total. The zero-order valence-electron chi connectivity index (χ0n) is 13.4. The second kappa shape index (κ2) is 5.62. The van der Waals surface area contributed by atoms with Crippen molar-refractivity contribution in [2.24, 2.45) is 5.92 Å². The standard InChI is InChI=1S/C17H21N3O3/c1-20(2)16-15(11-7-8-22-17(11)16)18-14(21)9-12-10-5-3-4-6-13(10)23-19-12/h3-6,11,15-17H,7-9H2,1-2H3,(H,18,21)/t11-,15+,16-,17-/m1/s1. The van der Waals surface area contributed by atoms with Gasteiger partial charge in [-0.2, -0.15) is 0 Å². The molecule has 1 saturated heterocycles. The number of amides is 1. The summed E-state index contributed by atoms with van der Waals surface area (Å²) in [6.45, 7) is 0.792. The third-order valence-electron chi connectivity index (χ3n) is 5.05. The third kappa shape index (κ3) is 2.42. The van der Waals surface area contributed by atoms with Gasteiger partial charge in [-0.25, -0.2) is 0 Å². The quantitative estimate of drug-likeness (QED) is 0.918. The SMILES string of the molecule is CN(C)[C@@H]1[C@@H](NC(=O)Cc2noc3ccccc23)[C@H]2CCO[C@H]21. The molecule has 1 saturated carbocycles. The molecule has 2 fully saturated rings. The first-order valence-corrected chi connectivity index (χ1v) is 8.06. The van der Waals surface area contributed by atoms with Crippen LogP contribution in [0.15, 0.2) is 28.8 Å². The second-order valence-electron chi connectivity index (χ2n) is 6.64. The molecule has 23 heavy (non-hydrogen) atoms. The summed E-state index contributed by atoms with van der Waals surface area (Å²) in [5.41, 5.74) is 1.41. The van der Waals surface area contributed by atoms with Gasteiger partial charge in [0.2, 0.25) is 5.91 Å². The lowest BCUT2D eigenvalue weighted by Crippen LogP contribution is -2.69. The fourth-order valence-electron chi connectivity index (χ4n) is 3.94. The van der Waals surface area contributed by atoms with Crippen LogP contribution in [0.25, 0.3) is 11.0 Å². The molecule has 1 aliphatic carbocycles. The van der Waals surface area contributed by atoms with Crippen LogP contribution in [0.2, 0.25) is 0 Å². The molecule has 6 nitrogen and oxygen atoms in total. The number of hydrogen-bond donors (Lipinski definition) is 1. The summed E-state index contributed by atoms with van der Waals surface area (Å²) in [7, 11) is 4.07. The van der Waals surface area contributed by atoms with Crippen molar-refractivity contribution in [3.05, 3.63) is 30.0 Å². The molecule has 0 spiro atoms. The number of hydrogen-bond acceptors (Lipinski definition) is 5. The summed E-state index contributed by atoms with van der Waals surface area (Å²) < 4.78 is 11.0. The predicted octanol–water partition coefficient (Wildman–Crippen LogP) is 1.20. The largest absolute Gasteiger partial charge is 0.376 e. The van der Waals surface area contributed by atoms with Gasteiger partial charge in [-0.3, -0.25) is 4.79 Å². The number of benzene rings is 1. The molecule has 122 valence electrons. The maximum atomic E-state index is 12.5. The number of fused-ring (bicyclic) bond motifs is 2. The molecule has 1 aliphatic heterocycles. The summed E-state index contributed by atoms with van der Waals surface area (Å²) in [4.78, 5) is 14.6. The Labute approximate surface area is 134 Å². The fraction of sp³-hybridized carbons (Fsp3) is 0.529. The van der Waals surface area contributed by atoms with Gasteiger partial charge in [0.1, 0.15) is 5.69 Å². The van der Waals surface area contributed by atoms with Gasteiger partial charge in [-0.1, -0.05) is 17.3 Å². The van der Waals surface area contributed by atoms with E-state index >= 15 is 0 Å². The van der Waals surface area contributed by atoms with Gasteiger partial charge in [-0.05, 0) is 32.6 Å². The molecule has 0 bridgehead atoms. The van der Waals surface area contributed by atoms with Gasteiger partial charge in [0, 0.05) is 17.9 Å². The summed E-state index contributed by atoms with van der Waals surface area (Å²) in [5.74, 6) is 0.423. The Bertz CT molecular complexity index is 727. The lowest BCUT2D eigenvalue weighted by atomic mass is 9.71. The highest BCUT2D eigenvalue weighted by atomic mass is 16.5. The zero-order valence-corrected chi connectivity index (χ0v) is 13.4. The molecule has 2 heterocycles. The molecule has 4 rings (SSSR count). The van der Waals surface area contributed by atoms with E-state index in [4.69, 9.17) is 9.26 Å². The minimum absolute atomic E-state index is 0.00810. The van der Waals surface area contributed by atoms with Crippen LogP contribution >= 0.6 is 0 Å². The minimum Gasteiger partial charge on any atom is -0.376 e. The summed E-state index contributed by atoms with van der Waals surface area (Å²) in [6, 6.07) is 8.02. The summed E-state index contributed by atoms with van der Waals surface area (Å²) in [5, 5.41) is 8.12. The van der Waals surface area contributed by atoms with Crippen molar-refractivity contribution in [1.29, 1.82) is 0 Å². The first-order valence-electron chi connectivity index (χ1n) is 8.06. The van der Waals surface area contributed by atoms with Crippen LogP contribution in [0.4, 0.5) is 0 Å². The maximum absolute atomic E-state index is 12.5. The number of aromatic nitrogens is 1. The maximum Gasteiger partial charge on any atom is 0.226 e. The van der Waals surface area contributed by atoms with E-state index in [1.54, 1.807) is 0 Å². The van der Waals surface area contributed by atoms with E-state index in [0.717, 1.165) is 24.0 Å². The van der Waals surface area contributed by atoms with Crippen molar-refractivity contribution in [2.45, 2.75) is 31.0 Å². The van der Waals surface area contributed by atoms with Crippen molar-refractivity contribution in [2.75, 3.05) is 20.7 Å². The summed E-state index contributed by atoms with van der Waals surface area (Å²) >= 11 is 0. The first-order chi connectivity index (χ1) is 11.1. The number of para-hydroxylation sites is 1. The van der Waals surface area contributed by atoms with Gasteiger partial charge >= 0.3 is 0 Å². The topological polar surface area (TPSA) is 67.6 Å². The van der Waals surface area contributed by atoms with E-state index in [9.17, 15) is 4.79 Å². The molecule has 4 atom stereocenters. The Morgan fingerprint density at radius 1 is 1.39 bits per heavy atom. The van der Waals surface area contributed by atoms with E-state index in [1.165, 1.54) is 0 Å². The monoisotopic (exact) mass is 315 g/mol. The van der Waals surface area contributed by atoms with Crippen molar-refractivity contribution < 1.29 is 14.1 Å². The van der Waals surface area contributed by atoms with Gasteiger partial charge < -0.3 is 19.5 Å². The number of nitrogens with zero attached hydrogens (tertiary/aromatic N) is 2. The van der Waals surface area contributed by atoms with E-state index in [2.05, 4.69) is 15.4 Å². The number of carbonyl (C=O) groups is 1. The van der Waals surface area contributed by atoms with Gasteiger partial charge in [0.25, 0.3) is 0 Å². The fourth-order valence-corrected chi connectivity index (χ4v) is 3.94. The minimum atomic E-state index is -0.00810. The predicted molar refractivity (Wildman–Crippen MR) is 85.0 cm³/mol. The van der Waals surface area contributed by atoms with Crippen LogP contribution < -0.4 is 5.32 Å². The van der Waals surface area contributed by atoms with Crippen LogP contribution in [-0.4, -0.2) is 54.9 Å². The molecular formula is C17H21N3O3. The molecule has 2 aliphatic rings. The molecule has 1 aromatic carbocycles. The average molecular weight is 315 g/mol. The number of ether oxygens (including phenoxy) is 1. The van der Waals surface area contributed by atoms with Gasteiger partial charge in [0.15, 0.2) is 5.58 Å². The van der Waals surface area contributed by atoms with Crippen LogP contribution in [-0.2, 0) is 16.0 Å². The molecule has 0 unspecified atom stereocenters. The number of likely N-dealkylation sites (N-methyl/N-ethyl adjacent to an activating group) is 1. The highest BCUT2D eigenvalue weighted by Crippen LogP contribution is 2.41. The van der Waals surface area contributed by atoms with E-state index in [-0.39, 0.29) is 30.5 Å². The first kappa shape index (κ1) is 14.7. The Morgan fingerprint density at radius 2 is 2.22 bits per heavy atom.